The maximum absolute atomic E-state index is 12.4. The minimum absolute atomic E-state index is 0.0494. The lowest BCUT2D eigenvalue weighted by molar-refractivity contribution is -0.274. The molecule has 0 heterocycles. The molecule has 2 aromatic rings. The number of hydrogen-bond acceptors (Lipinski definition) is 4. The molecule has 0 aliphatic heterocycles. The van der Waals surface area contributed by atoms with Crippen molar-refractivity contribution in [2.75, 3.05) is 0 Å². The maximum atomic E-state index is 12.4. The van der Waals surface area contributed by atoms with Crippen LogP contribution in [-0.4, -0.2) is 29.4 Å². The average Bonchev–Trinajstić information content (AvgIpc) is 3.10. The number of carboxylic acid groups (broad SMARTS) is 1. The van der Waals surface area contributed by atoms with Gasteiger partial charge in [0.2, 0.25) is 0 Å². The number of ether oxygens (including phenoxy) is 2. The highest BCUT2D eigenvalue weighted by atomic mass is 19.4. The Morgan fingerprint density at radius 1 is 1.10 bits per heavy atom. The second-order valence-electron chi connectivity index (χ2n) is 8.60. The van der Waals surface area contributed by atoms with Gasteiger partial charge in [0.05, 0.1) is 5.76 Å². The molecule has 0 aromatic heterocycles. The van der Waals surface area contributed by atoms with Crippen molar-refractivity contribution in [2.45, 2.75) is 45.7 Å². The van der Waals surface area contributed by atoms with Gasteiger partial charge in [-0.3, -0.25) is 4.79 Å². The standard InChI is InChI=1S/C25H26F3NO5.C6H6/c1-4-22(24(31)32)29-23(30)20-10-8-16(2)19(12-13-20)11-9-17(3)33-15-18-6-5-7-21(14-18)34-25(26,27)28;1-2-4-6-5-3-1/h5-11,13-14,22H,2,4,12,15H2,1,3H3,(H,29,30)(H,31,32);1-6H/b17-9+,19-11-;. The summed E-state index contributed by atoms with van der Waals surface area (Å²) in [5, 5.41) is 11.6. The van der Waals surface area contributed by atoms with E-state index in [4.69, 9.17) is 9.84 Å². The first-order chi connectivity index (χ1) is 19.0. The van der Waals surface area contributed by atoms with E-state index in [2.05, 4.69) is 16.6 Å². The zero-order valence-electron chi connectivity index (χ0n) is 22.3. The number of halogens is 3. The largest absolute Gasteiger partial charge is 0.573 e. The van der Waals surface area contributed by atoms with Crippen molar-refractivity contribution in [1.82, 2.24) is 5.32 Å². The van der Waals surface area contributed by atoms with Crippen molar-refractivity contribution in [3.63, 3.8) is 0 Å². The highest BCUT2D eigenvalue weighted by Crippen LogP contribution is 2.24. The van der Waals surface area contributed by atoms with E-state index in [0.29, 0.717) is 28.9 Å². The first kappa shape index (κ1) is 31.7. The van der Waals surface area contributed by atoms with Crippen LogP contribution in [0.3, 0.4) is 0 Å². The number of benzene rings is 2. The molecule has 1 amide bonds. The van der Waals surface area contributed by atoms with E-state index in [1.165, 1.54) is 18.2 Å². The lowest BCUT2D eigenvalue weighted by atomic mass is 10.0. The van der Waals surface area contributed by atoms with Crippen LogP contribution in [0.4, 0.5) is 13.2 Å². The number of carboxylic acids is 1. The Balaban J connectivity index is 0.000000821. The number of allylic oxidation sites excluding steroid dienone is 7. The molecule has 1 unspecified atom stereocenters. The van der Waals surface area contributed by atoms with Crippen molar-refractivity contribution in [3.05, 3.63) is 126 Å². The van der Waals surface area contributed by atoms with Crippen LogP contribution in [0.25, 0.3) is 0 Å². The van der Waals surface area contributed by atoms with Gasteiger partial charge in [0, 0.05) is 5.57 Å². The Hall–Kier alpha value is -4.53. The minimum atomic E-state index is -4.76. The number of amides is 1. The molecular formula is C31H32F3NO5. The smallest absolute Gasteiger partial charge is 0.494 e. The van der Waals surface area contributed by atoms with Crippen molar-refractivity contribution in [3.8, 4) is 5.75 Å². The third-order valence-corrected chi connectivity index (χ3v) is 5.48. The van der Waals surface area contributed by atoms with Crippen LogP contribution >= 0.6 is 0 Å². The van der Waals surface area contributed by atoms with Crippen LogP contribution in [0.1, 0.15) is 32.3 Å². The van der Waals surface area contributed by atoms with Crippen molar-refractivity contribution in [1.29, 1.82) is 0 Å². The first-order valence-corrected chi connectivity index (χ1v) is 12.4. The molecule has 0 fully saturated rings. The Kier molecular flexibility index (Phi) is 12.5. The topological polar surface area (TPSA) is 84.9 Å². The lowest BCUT2D eigenvalue weighted by Gasteiger charge is -2.12. The number of aliphatic carboxylic acids is 1. The first-order valence-electron chi connectivity index (χ1n) is 12.4. The number of hydrogen-bond donors (Lipinski definition) is 2. The second-order valence-corrected chi connectivity index (χ2v) is 8.60. The van der Waals surface area contributed by atoms with E-state index in [9.17, 15) is 22.8 Å². The molecule has 0 saturated heterocycles. The number of carbonyl (C=O) groups is 2. The average molecular weight is 556 g/mol. The molecule has 0 saturated carbocycles. The highest BCUT2D eigenvalue weighted by Gasteiger charge is 2.31. The molecule has 2 aromatic carbocycles. The van der Waals surface area contributed by atoms with E-state index in [1.54, 1.807) is 50.3 Å². The van der Waals surface area contributed by atoms with Gasteiger partial charge in [0.15, 0.2) is 0 Å². The maximum Gasteiger partial charge on any atom is 0.573 e. The number of carbonyl (C=O) groups excluding carboxylic acids is 1. The van der Waals surface area contributed by atoms with Crippen LogP contribution in [0.2, 0.25) is 0 Å². The van der Waals surface area contributed by atoms with Crippen molar-refractivity contribution in [2.24, 2.45) is 0 Å². The van der Waals surface area contributed by atoms with Crippen LogP contribution < -0.4 is 10.1 Å². The van der Waals surface area contributed by atoms with Gasteiger partial charge < -0.3 is 19.9 Å². The van der Waals surface area contributed by atoms with Crippen LogP contribution in [-0.2, 0) is 20.9 Å². The van der Waals surface area contributed by atoms with Gasteiger partial charge in [-0.2, -0.15) is 0 Å². The summed E-state index contributed by atoms with van der Waals surface area (Å²) in [4.78, 5) is 23.5. The van der Waals surface area contributed by atoms with E-state index in [1.807, 2.05) is 36.4 Å². The summed E-state index contributed by atoms with van der Waals surface area (Å²) in [5.74, 6) is -1.38. The van der Waals surface area contributed by atoms with Crippen LogP contribution in [0.5, 0.6) is 5.75 Å². The predicted octanol–water partition coefficient (Wildman–Crippen LogP) is 7.04. The van der Waals surface area contributed by atoms with Gasteiger partial charge in [0.25, 0.3) is 5.91 Å². The Labute approximate surface area is 231 Å². The molecule has 212 valence electrons. The summed E-state index contributed by atoms with van der Waals surface area (Å²) >= 11 is 0. The molecule has 40 heavy (non-hydrogen) atoms. The fourth-order valence-corrected chi connectivity index (χ4v) is 3.32. The molecule has 1 atom stereocenters. The SMILES string of the molecule is C=C1C=CC(C(=O)NC(CC)C(=O)O)=CC/C1=C/C=C(\C)OCc1cccc(OC(F)(F)F)c1.c1ccccc1. The predicted molar refractivity (Wildman–Crippen MR) is 147 cm³/mol. The number of alkyl halides is 3. The summed E-state index contributed by atoms with van der Waals surface area (Å²) < 4.78 is 46.6. The third kappa shape index (κ3) is 11.9. The molecule has 9 heteroatoms. The van der Waals surface area contributed by atoms with Gasteiger partial charge >= 0.3 is 12.3 Å². The van der Waals surface area contributed by atoms with E-state index >= 15 is 0 Å². The molecule has 3 rings (SSSR count). The van der Waals surface area contributed by atoms with Gasteiger partial charge in [-0.15, -0.1) is 13.2 Å². The molecule has 1 aliphatic rings. The molecule has 2 N–H and O–H groups in total. The van der Waals surface area contributed by atoms with E-state index < -0.39 is 24.3 Å². The monoisotopic (exact) mass is 555 g/mol. The van der Waals surface area contributed by atoms with Crippen molar-refractivity contribution >= 4 is 11.9 Å². The van der Waals surface area contributed by atoms with Gasteiger partial charge in [-0.25, -0.2) is 4.79 Å². The molecule has 0 bridgehead atoms. The molecule has 6 nitrogen and oxygen atoms in total. The summed E-state index contributed by atoms with van der Waals surface area (Å²) in [7, 11) is 0. The number of rotatable bonds is 9. The number of nitrogens with one attached hydrogen (secondary N) is 1. The summed E-state index contributed by atoms with van der Waals surface area (Å²) in [6.07, 6.45) is 4.28. The zero-order chi connectivity index (χ0) is 29.5. The summed E-state index contributed by atoms with van der Waals surface area (Å²) in [6.45, 7) is 7.40. The molecule has 0 radical (unpaired) electrons. The fraction of sp³-hybridized carbons (Fsp3) is 0.226. The van der Waals surface area contributed by atoms with Crippen LogP contribution in [0, 0.1) is 0 Å². The normalized spacial score (nSPS) is 15.2. The third-order valence-electron chi connectivity index (χ3n) is 5.48. The lowest BCUT2D eigenvalue weighted by Crippen LogP contribution is -2.40. The van der Waals surface area contributed by atoms with Gasteiger partial charge in [0.1, 0.15) is 18.4 Å². The Morgan fingerprint density at radius 3 is 2.33 bits per heavy atom. The highest BCUT2D eigenvalue weighted by molar-refractivity contribution is 5.98. The summed E-state index contributed by atoms with van der Waals surface area (Å²) in [6, 6.07) is 16.6. The Morgan fingerprint density at radius 2 is 1.75 bits per heavy atom. The minimum Gasteiger partial charge on any atom is -0.494 e. The van der Waals surface area contributed by atoms with E-state index in [0.717, 1.165) is 5.57 Å². The van der Waals surface area contributed by atoms with Crippen molar-refractivity contribution < 1.29 is 37.3 Å². The second kappa shape index (κ2) is 15.8. The summed E-state index contributed by atoms with van der Waals surface area (Å²) in [5.41, 5.74) is 2.33. The van der Waals surface area contributed by atoms with Gasteiger partial charge in [-0.05, 0) is 60.8 Å². The van der Waals surface area contributed by atoms with E-state index in [-0.39, 0.29) is 18.8 Å². The zero-order valence-corrected chi connectivity index (χ0v) is 22.3. The van der Waals surface area contributed by atoms with Gasteiger partial charge in [-0.1, -0.05) is 80.3 Å². The van der Waals surface area contributed by atoms with Crippen LogP contribution in [0.15, 0.2) is 120 Å². The Bertz CT molecular complexity index is 1250. The molecular weight excluding hydrogens is 523 g/mol. The quantitative estimate of drug-likeness (QED) is 0.324. The molecule has 0 spiro atoms. The fourth-order valence-electron chi connectivity index (χ4n) is 3.32. The molecule has 1 aliphatic carbocycles.